The van der Waals surface area contributed by atoms with Crippen molar-refractivity contribution in [3.05, 3.63) is 16.9 Å². The number of nitrogens with two attached hydrogens (primary N) is 1. The van der Waals surface area contributed by atoms with Gasteiger partial charge in [0.15, 0.2) is 0 Å². The Kier molecular flexibility index (Phi) is 2.34. The van der Waals surface area contributed by atoms with Crippen LogP contribution in [0.1, 0.15) is 25.7 Å². The van der Waals surface area contributed by atoms with Gasteiger partial charge in [-0.15, -0.1) is 0 Å². The number of carbonyl (C=O) groups excluding carboxylic acids is 1. The molecule has 0 spiro atoms. The molecule has 0 aromatic carbocycles. The molecule has 1 aromatic heterocycles. The maximum Gasteiger partial charge on any atom is 0.245 e. The zero-order valence-electron chi connectivity index (χ0n) is 7.74. The fraction of sp³-hybridized carbons (Fsp3) is 0.556. The van der Waals surface area contributed by atoms with Gasteiger partial charge in [0.25, 0.3) is 0 Å². The van der Waals surface area contributed by atoms with Crippen molar-refractivity contribution in [2.75, 3.05) is 0 Å². The molecule has 1 heterocycles. The number of hydrogen-bond donors (Lipinski definition) is 1. The molecule has 2 N–H and O–H groups in total. The van der Waals surface area contributed by atoms with Crippen molar-refractivity contribution in [2.45, 2.75) is 31.2 Å². The second-order valence-corrected chi connectivity index (χ2v) is 4.62. The van der Waals surface area contributed by atoms with E-state index in [0.717, 1.165) is 30.2 Å². The zero-order valence-corrected chi connectivity index (χ0v) is 9.33. The zero-order chi connectivity index (χ0) is 10.2. The van der Waals surface area contributed by atoms with Gasteiger partial charge in [0.2, 0.25) is 5.91 Å². The Hall–Kier alpha value is -0.840. The molecular weight excluding hydrogens is 246 g/mol. The van der Waals surface area contributed by atoms with Gasteiger partial charge in [-0.25, -0.2) is 0 Å². The fourth-order valence-corrected chi connectivity index (χ4v) is 2.37. The minimum Gasteiger partial charge on any atom is -0.368 e. The second-order valence-electron chi connectivity index (χ2n) is 3.71. The normalized spacial score (nSPS) is 19.8. The molecule has 0 bridgehead atoms. The number of hydrogen-bond acceptors (Lipinski definition) is 2. The highest BCUT2D eigenvalue weighted by atomic mass is 79.9. The predicted octanol–water partition coefficient (Wildman–Crippen LogP) is 1.40. The number of rotatable bonds is 2. The lowest BCUT2D eigenvalue weighted by molar-refractivity contribution is -0.126. The van der Waals surface area contributed by atoms with E-state index in [1.807, 2.05) is 6.20 Å². The third-order valence-corrected chi connectivity index (χ3v) is 3.29. The molecule has 0 radical (unpaired) electrons. The van der Waals surface area contributed by atoms with Gasteiger partial charge in [-0.3, -0.25) is 9.48 Å². The topological polar surface area (TPSA) is 60.9 Å². The van der Waals surface area contributed by atoms with Crippen LogP contribution in [0.3, 0.4) is 0 Å². The van der Waals surface area contributed by atoms with Crippen LogP contribution < -0.4 is 5.73 Å². The summed E-state index contributed by atoms with van der Waals surface area (Å²) < 4.78 is 2.58. The SMILES string of the molecule is NC(=O)C1(n2cc(Br)cn2)CCCC1. The first kappa shape index (κ1) is 9.71. The van der Waals surface area contributed by atoms with Gasteiger partial charge in [-0.2, -0.15) is 5.10 Å². The first-order chi connectivity index (χ1) is 6.65. The lowest BCUT2D eigenvalue weighted by atomic mass is 9.97. The first-order valence-corrected chi connectivity index (χ1v) is 5.45. The van der Waals surface area contributed by atoms with E-state index in [9.17, 15) is 4.79 Å². The molecule has 4 nitrogen and oxygen atoms in total. The van der Waals surface area contributed by atoms with Crippen molar-refractivity contribution < 1.29 is 4.79 Å². The highest BCUT2D eigenvalue weighted by molar-refractivity contribution is 9.10. The van der Waals surface area contributed by atoms with Crippen LogP contribution in [-0.2, 0) is 10.3 Å². The lowest BCUT2D eigenvalue weighted by Crippen LogP contribution is -2.44. The van der Waals surface area contributed by atoms with Gasteiger partial charge >= 0.3 is 0 Å². The number of halogens is 1. The number of nitrogens with zero attached hydrogens (tertiary/aromatic N) is 2. The number of carbonyl (C=O) groups is 1. The van der Waals surface area contributed by atoms with Crippen LogP contribution in [0.25, 0.3) is 0 Å². The van der Waals surface area contributed by atoms with Gasteiger partial charge in [0, 0.05) is 6.20 Å². The molecule has 1 aliphatic rings. The summed E-state index contributed by atoms with van der Waals surface area (Å²) in [6.45, 7) is 0. The largest absolute Gasteiger partial charge is 0.368 e. The van der Waals surface area contributed by atoms with Crippen molar-refractivity contribution in [2.24, 2.45) is 5.73 Å². The first-order valence-electron chi connectivity index (χ1n) is 4.66. The Morgan fingerprint density at radius 2 is 2.21 bits per heavy atom. The van der Waals surface area contributed by atoms with Crippen molar-refractivity contribution in [1.82, 2.24) is 9.78 Å². The molecular formula is C9H12BrN3O. The van der Waals surface area contributed by atoms with E-state index in [1.165, 1.54) is 0 Å². The average molecular weight is 258 g/mol. The Bertz CT molecular complexity index is 355. The van der Waals surface area contributed by atoms with E-state index in [0.29, 0.717) is 0 Å². The van der Waals surface area contributed by atoms with Gasteiger partial charge in [0.05, 0.1) is 10.7 Å². The van der Waals surface area contributed by atoms with E-state index in [1.54, 1.807) is 10.9 Å². The number of primary amides is 1. The summed E-state index contributed by atoms with van der Waals surface area (Å²) in [6.07, 6.45) is 7.19. The van der Waals surface area contributed by atoms with Crippen LogP contribution in [0.4, 0.5) is 0 Å². The summed E-state index contributed by atoms with van der Waals surface area (Å²) in [6, 6.07) is 0. The summed E-state index contributed by atoms with van der Waals surface area (Å²) in [5, 5.41) is 4.16. The highest BCUT2D eigenvalue weighted by Gasteiger charge is 2.42. The standard InChI is InChI=1S/C9H12BrN3O/c10-7-5-12-13(6-7)9(8(11)14)3-1-2-4-9/h5-6H,1-4H2,(H2,11,14). The molecule has 76 valence electrons. The molecule has 14 heavy (non-hydrogen) atoms. The molecule has 0 unspecified atom stereocenters. The van der Waals surface area contributed by atoms with Crippen LogP contribution in [0.5, 0.6) is 0 Å². The Balaban J connectivity index is 2.41. The summed E-state index contributed by atoms with van der Waals surface area (Å²) >= 11 is 3.32. The van der Waals surface area contributed by atoms with E-state index in [4.69, 9.17) is 5.73 Å². The van der Waals surface area contributed by atoms with E-state index < -0.39 is 5.54 Å². The van der Waals surface area contributed by atoms with Gasteiger partial charge in [0.1, 0.15) is 5.54 Å². The minimum absolute atomic E-state index is 0.273. The van der Waals surface area contributed by atoms with Crippen LogP contribution in [0.15, 0.2) is 16.9 Å². The summed E-state index contributed by atoms with van der Waals surface area (Å²) in [5.41, 5.74) is 4.88. The van der Waals surface area contributed by atoms with Crippen LogP contribution >= 0.6 is 15.9 Å². The third kappa shape index (κ3) is 1.35. The maximum absolute atomic E-state index is 11.5. The minimum atomic E-state index is -0.577. The molecule has 1 aliphatic carbocycles. The quantitative estimate of drug-likeness (QED) is 0.871. The van der Waals surface area contributed by atoms with Crippen molar-refractivity contribution >= 4 is 21.8 Å². The smallest absolute Gasteiger partial charge is 0.245 e. The summed E-state index contributed by atoms with van der Waals surface area (Å²) in [5.74, 6) is -0.273. The van der Waals surface area contributed by atoms with Crippen LogP contribution in [0.2, 0.25) is 0 Å². The summed E-state index contributed by atoms with van der Waals surface area (Å²) in [7, 11) is 0. The molecule has 0 atom stereocenters. The molecule has 0 aliphatic heterocycles. The maximum atomic E-state index is 11.5. The molecule has 2 rings (SSSR count). The average Bonchev–Trinajstić information content (AvgIpc) is 2.71. The number of amides is 1. The Labute approximate surface area is 90.6 Å². The third-order valence-electron chi connectivity index (χ3n) is 2.88. The fourth-order valence-electron chi connectivity index (χ4n) is 2.08. The Morgan fingerprint density at radius 3 is 2.64 bits per heavy atom. The molecule has 5 heteroatoms. The Morgan fingerprint density at radius 1 is 1.57 bits per heavy atom. The predicted molar refractivity (Wildman–Crippen MR) is 55.6 cm³/mol. The van der Waals surface area contributed by atoms with Crippen molar-refractivity contribution in [1.29, 1.82) is 0 Å². The molecule has 1 amide bonds. The van der Waals surface area contributed by atoms with Crippen molar-refractivity contribution in [3.63, 3.8) is 0 Å². The van der Waals surface area contributed by atoms with Crippen molar-refractivity contribution in [3.8, 4) is 0 Å². The molecule has 1 saturated carbocycles. The number of aromatic nitrogens is 2. The van der Waals surface area contributed by atoms with E-state index in [-0.39, 0.29) is 5.91 Å². The van der Waals surface area contributed by atoms with Gasteiger partial charge in [-0.05, 0) is 28.8 Å². The van der Waals surface area contributed by atoms with Crippen LogP contribution in [0, 0.1) is 0 Å². The highest BCUT2D eigenvalue weighted by Crippen LogP contribution is 2.36. The van der Waals surface area contributed by atoms with Gasteiger partial charge in [-0.1, -0.05) is 12.8 Å². The van der Waals surface area contributed by atoms with Crippen LogP contribution in [-0.4, -0.2) is 15.7 Å². The molecule has 0 saturated heterocycles. The van der Waals surface area contributed by atoms with Gasteiger partial charge < -0.3 is 5.73 Å². The molecule has 1 aromatic rings. The lowest BCUT2D eigenvalue weighted by Gasteiger charge is -2.25. The molecule has 1 fully saturated rings. The monoisotopic (exact) mass is 257 g/mol. The second kappa shape index (κ2) is 3.38. The summed E-state index contributed by atoms with van der Waals surface area (Å²) in [4.78, 5) is 11.5. The van der Waals surface area contributed by atoms with E-state index >= 15 is 0 Å². The van der Waals surface area contributed by atoms with E-state index in [2.05, 4.69) is 21.0 Å².